The molecule has 0 saturated carbocycles. The van der Waals surface area contributed by atoms with E-state index < -0.39 is 17.7 Å². The van der Waals surface area contributed by atoms with Crippen molar-refractivity contribution in [1.82, 2.24) is 4.57 Å². The number of fused-ring (bicyclic) bond motifs is 1. The van der Waals surface area contributed by atoms with Crippen LogP contribution in [0.4, 0.5) is 5.69 Å². The van der Waals surface area contributed by atoms with E-state index in [1.54, 1.807) is 30.3 Å². The molecule has 0 aliphatic carbocycles. The van der Waals surface area contributed by atoms with Gasteiger partial charge in [-0.3, -0.25) is 14.5 Å². The molecule has 1 aliphatic rings. The van der Waals surface area contributed by atoms with Crippen molar-refractivity contribution in [2.45, 2.75) is 32.2 Å². The minimum absolute atomic E-state index is 0.00524. The number of aliphatic hydroxyl groups is 1. The number of nitrogens with zero attached hydrogens (tertiary/aromatic N) is 2. The lowest BCUT2D eigenvalue weighted by Crippen LogP contribution is -2.29. The first-order chi connectivity index (χ1) is 18.0. The number of ketones is 1. The number of benzene rings is 3. The average molecular weight is 529 g/mol. The largest absolute Gasteiger partial charge is 0.507 e. The van der Waals surface area contributed by atoms with E-state index >= 15 is 0 Å². The summed E-state index contributed by atoms with van der Waals surface area (Å²) < 4.78 is 7.52. The number of aromatic nitrogens is 1. The summed E-state index contributed by atoms with van der Waals surface area (Å²) in [5, 5.41) is 13.2. The molecule has 0 bridgehead atoms. The normalized spacial score (nSPS) is 17.4. The second kappa shape index (κ2) is 9.37. The second-order valence-electron chi connectivity index (χ2n) is 10.5. The van der Waals surface area contributed by atoms with Crippen LogP contribution in [-0.4, -0.2) is 28.5 Å². The average Bonchev–Trinajstić information content (AvgIpc) is 3.36. The number of hydrogen-bond acceptors (Lipinski definition) is 4. The van der Waals surface area contributed by atoms with Gasteiger partial charge in [-0.25, -0.2) is 0 Å². The van der Waals surface area contributed by atoms with Crippen LogP contribution in [0.5, 0.6) is 5.75 Å². The lowest BCUT2D eigenvalue weighted by Gasteiger charge is -2.25. The van der Waals surface area contributed by atoms with E-state index in [0.29, 0.717) is 22.0 Å². The summed E-state index contributed by atoms with van der Waals surface area (Å²) in [6.45, 7) is 6.19. The van der Waals surface area contributed by atoms with Gasteiger partial charge in [-0.1, -0.05) is 56.6 Å². The Hall–Kier alpha value is -4.03. The van der Waals surface area contributed by atoms with Gasteiger partial charge in [0.1, 0.15) is 11.5 Å². The molecule has 1 unspecified atom stereocenters. The van der Waals surface area contributed by atoms with Gasteiger partial charge in [0.25, 0.3) is 11.7 Å². The molecule has 5 rings (SSSR count). The first kappa shape index (κ1) is 25.6. The minimum Gasteiger partial charge on any atom is -0.507 e. The zero-order valence-electron chi connectivity index (χ0n) is 21.9. The molecule has 4 aromatic rings. The highest BCUT2D eigenvalue weighted by Gasteiger charge is 2.48. The number of ether oxygens (including phenoxy) is 1. The summed E-state index contributed by atoms with van der Waals surface area (Å²) >= 11 is 6.13. The van der Waals surface area contributed by atoms with Crippen molar-refractivity contribution >= 4 is 45.6 Å². The lowest BCUT2D eigenvalue weighted by atomic mass is 9.85. The fourth-order valence-electron chi connectivity index (χ4n) is 5.09. The summed E-state index contributed by atoms with van der Waals surface area (Å²) in [6.07, 6.45) is 1.90. The summed E-state index contributed by atoms with van der Waals surface area (Å²) in [5.74, 6) is -1.36. The summed E-state index contributed by atoms with van der Waals surface area (Å²) in [7, 11) is 3.42. The number of methoxy groups -OCH3 is 1. The molecule has 38 heavy (non-hydrogen) atoms. The molecule has 7 heteroatoms. The van der Waals surface area contributed by atoms with Crippen LogP contribution >= 0.6 is 11.6 Å². The zero-order valence-corrected chi connectivity index (χ0v) is 22.7. The maximum atomic E-state index is 13.7. The van der Waals surface area contributed by atoms with Gasteiger partial charge in [0.2, 0.25) is 0 Å². The molecule has 6 nitrogen and oxygen atoms in total. The molecule has 1 aliphatic heterocycles. The second-order valence-corrected chi connectivity index (χ2v) is 11.0. The van der Waals surface area contributed by atoms with Crippen LogP contribution in [0.3, 0.4) is 0 Å². The fourth-order valence-corrected chi connectivity index (χ4v) is 5.22. The van der Waals surface area contributed by atoms with Crippen LogP contribution < -0.4 is 9.64 Å². The fraction of sp³-hybridized carbons (Fsp3) is 0.226. The summed E-state index contributed by atoms with van der Waals surface area (Å²) in [4.78, 5) is 28.7. The van der Waals surface area contributed by atoms with Gasteiger partial charge < -0.3 is 14.4 Å². The number of aryl methyl sites for hydroxylation is 1. The van der Waals surface area contributed by atoms with Crippen molar-refractivity contribution in [3.63, 3.8) is 0 Å². The third kappa shape index (κ3) is 4.15. The Labute approximate surface area is 226 Å². The number of amides is 1. The van der Waals surface area contributed by atoms with Crippen molar-refractivity contribution in [1.29, 1.82) is 0 Å². The van der Waals surface area contributed by atoms with Crippen molar-refractivity contribution in [2.75, 3.05) is 12.0 Å². The van der Waals surface area contributed by atoms with Crippen LogP contribution in [0, 0.1) is 0 Å². The van der Waals surface area contributed by atoms with Crippen LogP contribution in [-0.2, 0) is 22.1 Å². The van der Waals surface area contributed by atoms with Crippen molar-refractivity contribution < 1.29 is 19.4 Å². The monoisotopic (exact) mass is 528 g/mol. The molecule has 3 aromatic carbocycles. The molecule has 0 radical (unpaired) electrons. The quantitative estimate of drug-likeness (QED) is 0.180. The Morgan fingerprint density at radius 3 is 2.34 bits per heavy atom. The van der Waals surface area contributed by atoms with Gasteiger partial charge >= 0.3 is 0 Å². The first-order valence-electron chi connectivity index (χ1n) is 12.3. The van der Waals surface area contributed by atoms with Crippen LogP contribution in [0.25, 0.3) is 16.7 Å². The molecule has 1 aromatic heterocycles. The Morgan fingerprint density at radius 1 is 1.00 bits per heavy atom. The standard InChI is InChI=1S/C31H29ClN2O4/c1-31(2,3)18-10-15-25(38-5)22(16-18)28(35)26-27(23-17-33(4)24-9-7-6-8-21(23)24)34(30(37)29(26)36)20-13-11-19(32)12-14-20/h6-17,27,35H,1-5H3/b28-26+. The molecule has 1 amide bonds. The highest BCUT2D eigenvalue weighted by Crippen LogP contribution is 2.46. The zero-order chi connectivity index (χ0) is 27.4. The number of anilines is 1. The van der Waals surface area contributed by atoms with Crippen molar-refractivity contribution in [2.24, 2.45) is 7.05 Å². The van der Waals surface area contributed by atoms with Gasteiger partial charge in [0, 0.05) is 40.4 Å². The first-order valence-corrected chi connectivity index (χ1v) is 12.7. The number of carbonyl (C=O) groups excluding carboxylic acids is 2. The molecular weight excluding hydrogens is 500 g/mol. The van der Waals surface area contributed by atoms with Gasteiger partial charge in [-0.2, -0.15) is 0 Å². The molecule has 194 valence electrons. The Morgan fingerprint density at radius 2 is 1.68 bits per heavy atom. The molecule has 1 fully saturated rings. The molecule has 1 saturated heterocycles. The number of rotatable bonds is 4. The number of hydrogen-bond donors (Lipinski definition) is 1. The summed E-state index contributed by atoms with van der Waals surface area (Å²) in [6, 6.07) is 19.2. The van der Waals surface area contributed by atoms with Crippen molar-refractivity contribution in [3.05, 3.63) is 100 Å². The predicted octanol–water partition coefficient (Wildman–Crippen LogP) is 6.76. The van der Waals surface area contributed by atoms with Gasteiger partial charge in [0.05, 0.1) is 24.3 Å². The van der Waals surface area contributed by atoms with Crippen LogP contribution in [0.1, 0.15) is 43.5 Å². The molecule has 1 N–H and O–H groups in total. The van der Waals surface area contributed by atoms with Crippen molar-refractivity contribution in [3.8, 4) is 5.75 Å². The van der Waals surface area contributed by atoms with E-state index in [0.717, 1.165) is 22.0 Å². The Balaban J connectivity index is 1.83. The third-order valence-electron chi connectivity index (χ3n) is 7.09. The highest BCUT2D eigenvalue weighted by molar-refractivity contribution is 6.52. The Kier molecular flexibility index (Phi) is 6.32. The number of carbonyl (C=O) groups is 2. The van der Waals surface area contributed by atoms with Crippen LogP contribution in [0.2, 0.25) is 5.02 Å². The predicted molar refractivity (Wildman–Crippen MR) is 151 cm³/mol. The molecule has 1 atom stereocenters. The maximum Gasteiger partial charge on any atom is 0.300 e. The lowest BCUT2D eigenvalue weighted by molar-refractivity contribution is -0.132. The molecule has 0 spiro atoms. The number of aliphatic hydroxyl groups excluding tert-OH is 1. The third-order valence-corrected chi connectivity index (χ3v) is 7.34. The smallest absolute Gasteiger partial charge is 0.300 e. The SMILES string of the molecule is COc1ccc(C(C)(C)C)cc1/C(O)=C1\C(=O)C(=O)N(c2ccc(Cl)cc2)C1c1cn(C)c2ccccc12. The van der Waals surface area contributed by atoms with E-state index in [1.807, 2.05) is 54.2 Å². The van der Waals surface area contributed by atoms with Gasteiger partial charge in [-0.05, 0) is 53.4 Å². The van der Waals surface area contributed by atoms with E-state index in [2.05, 4.69) is 20.8 Å². The maximum absolute atomic E-state index is 13.7. The van der Waals surface area contributed by atoms with Crippen LogP contribution in [0.15, 0.2) is 78.5 Å². The topological polar surface area (TPSA) is 71.8 Å². The number of para-hydroxylation sites is 1. The van der Waals surface area contributed by atoms with Gasteiger partial charge in [0.15, 0.2) is 0 Å². The minimum atomic E-state index is -0.870. The van der Waals surface area contributed by atoms with E-state index in [9.17, 15) is 14.7 Å². The highest BCUT2D eigenvalue weighted by atomic mass is 35.5. The molecule has 2 heterocycles. The summed E-state index contributed by atoms with van der Waals surface area (Å²) in [5.41, 5.74) is 3.27. The number of halogens is 1. The molecular formula is C31H29ClN2O4. The van der Waals surface area contributed by atoms with E-state index in [4.69, 9.17) is 16.3 Å². The van der Waals surface area contributed by atoms with E-state index in [-0.39, 0.29) is 16.7 Å². The Bertz CT molecular complexity index is 1610. The van der Waals surface area contributed by atoms with E-state index in [1.165, 1.54) is 12.0 Å². The number of Topliss-reactive ketones (excluding diaryl/α,β-unsaturated/α-hetero) is 1. The van der Waals surface area contributed by atoms with Gasteiger partial charge in [-0.15, -0.1) is 0 Å².